The third-order valence-electron chi connectivity index (χ3n) is 4.54. The Kier molecular flexibility index (Phi) is 4.81. The van der Waals surface area contributed by atoms with Gasteiger partial charge in [-0.15, -0.1) is 11.3 Å². The summed E-state index contributed by atoms with van der Waals surface area (Å²) in [7, 11) is 1.84. The summed E-state index contributed by atoms with van der Waals surface area (Å²) in [6.45, 7) is 1.51. The summed E-state index contributed by atoms with van der Waals surface area (Å²) in [6, 6.07) is 11.8. The molecule has 1 fully saturated rings. The van der Waals surface area contributed by atoms with Crippen molar-refractivity contribution in [3.63, 3.8) is 0 Å². The lowest BCUT2D eigenvalue weighted by atomic mass is 9.99. The first-order chi connectivity index (χ1) is 12.7. The summed E-state index contributed by atoms with van der Waals surface area (Å²) < 4.78 is 7.25. The largest absolute Gasteiger partial charge is 0.381 e. The maximum Gasteiger partial charge on any atom is 0.276 e. The van der Waals surface area contributed by atoms with Gasteiger partial charge in [-0.25, -0.2) is 4.98 Å². The molecule has 1 aliphatic rings. The Morgan fingerprint density at radius 1 is 1.35 bits per heavy atom. The van der Waals surface area contributed by atoms with E-state index in [4.69, 9.17) is 4.74 Å². The highest BCUT2D eigenvalue weighted by Gasteiger charge is 2.22. The summed E-state index contributed by atoms with van der Waals surface area (Å²) in [6.07, 6.45) is 2.11. The molecule has 4 rings (SSSR count). The van der Waals surface area contributed by atoms with Crippen LogP contribution in [-0.2, 0) is 11.8 Å². The van der Waals surface area contributed by atoms with Gasteiger partial charge in [0.25, 0.3) is 5.91 Å². The summed E-state index contributed by atoms with van der Waals surface area (Å²) in [5.41, 5.74) is 4.09. The predicted molar refractivity (Wildman–Crippen MR) is 102 cm³/mol. The maximum atomic E-state index is 12.8. The molecule has 1 N–H and O–H groups in total. The van der Waals surface area contributed by atoms with Crippen LogP contribution in [0.4, 0.5) is 5.82 Å². The highest BCUT2D eigenvalue weighted by molar-refractivity contribution is 7.13. The molecule has 3 heterocycles. The van der Waals surface area contributed by atoms with E-state index in [1.54, 1.807) is 10.2 Å². The second-order valence-electron chi connectivity index (χ2n) is 6.34. The van der Waals surface area contributed by atoms with E-state index in [-0.39, 0.29) is 5.91 Å². The lowest BCUT2D eigenvalue weighted by Gasteiger charge is -2.19. The van der Waals surface area contributed by atoms with Gasteiger partial charge in [-0.2, -0.15) is 5.10 Å². The number of amides is 1. The molecule has 0 aliphatic carbocycles. The molecule has 1 unspecified atom stereocenters. The second kappa shape index (κ2) is 7.39. The van der Waals surface area contributed by atoms with E-state index in [0.29, 0.717) is 24.0 Å². The Morgan fingerprint density at radius 2 is 2.19 bits per heavy atom. The van der Waals surface area contributed by atoms with Crippen molar-refractivity contribution in [1.82, 2.24) is 14.8 Å². The molecule has 1 amide bonds. The van der Waals surface area contributed by atoms with Crippen LogP contribution in [0.25, 0.3) is 10.4 Å². The van der Waals surface area contributed by atoms with Crippen molar-refractivity contribution in [3.05, 3.63) is 53.3 Å². The van der Waals surface area contributed by atoms with Crippen LogP contribution in [0.1, 0.15) is 34.9 Å². The molecule has 7 heteroatoms. The van der Waals surface area contributed by atoms with E-state index in [1.165, 1.54) is 11.3 Å². The Hall–Kier alpha value is -2.51. The molecule has 2 aromatic heterocycles. The number of benzene rings is 1. The zero-order valence-corrected chi connectivity index (χ0v) is 15.3. The van der Waals surface area contributed by atoms with Gasteiger partial charge in [0, 0.05) is 25.6 Å². The van der Waals surface area contributed by atoms with Gasteiger partial charge in [0.15, 0.2) is 0 Å². The van der Waals surface area contributed by atoms with Crippen molar-refractivity contribution in [2.45, 2.75) is 18.8 Å². The average Bonchev–Trinajstić information content (AvgIpc) is 3.31. The number of thiazole rings is 1. The fraction of sp³-hybridized carbons (Fsp3) is 0.316. The number of hydrogen-bond acceptors (Lipinski definition) is 5. The second-order valence-corrected chi connectivity index (χ2v) is 7.20. The third kappa shape index (κ3) is 3.40. The number of aromatic nitrogens is 3. The predicted octanol–water partition coefficient (Wildman–Crippen LogP) is 3.69. The minimum Gasteiger partial charge on any atom is -0.381 e. The van der Waals surface area contributed by atoms with Crippen molar-refractivity contribution >= 4 is 23.1 Å². The molecule has 6 nitrogen and oxygen atoms in total. The monoisotopic (exact) mass is 368 g/mol. The molecule has 134 valence electrons. The minimum absolute atomic E-state index is 0.223. The maximum absolute atomic E-state index is 12.8. The molecular formula is C19H20N4O2S. The van der Waals surface area contributed by atoms with E-state index < -0.39 is 0 Å². The van der Waals surface area contributed by atoms with Crippen LogP contribution in [0.5, 0.6) is 0 Å². The fourth-order valence-electron chi connectivity index (χ4n) is 3.16. The number of rotatable bonds is 4. The van der Waals surface area contributed by atoms with Crippen LogP contribution in [0.15, 0.2) is 41.9 Å². The molecular weight excluding hydrogens is 348 g/mol. The first-order valence-electron chi connectivity index (χ1n) is 8.64. The minimum atomic E-state index is -0.223. The molecule has 1 aromatic carbocycles. The van der Waals surface area contributed by atoms with Gasteiger partial charge in [-0.1, -0.05) is 30.3 Å². The molecule has 1 atom stereocenters. The summed E-state index contributed by atoms with van der Waals surface area (Å²) in [5.74, 6) is 0.738. The normalized spacial score (nSPS) is 17.2. The van der Waals surface area contributed by atoms with Crippen LogP contribution < -0.4 is 5.32 Å². The molecule has 26 heavy (non-hydrogen) atoms. The standard InChI is InChI=1S/C19H20N4O2S/c1-23-16(10-15(22-23)14-8-5-9-25-11-14)21-19(24)17-18(26-12-20-17)13-6-3-2-4-7-13/h2-4,6-7,10,12,14H,5,8-9,11H2,1H3,(H,21,24). The number of ether oxygens (including phenoxy) is 1. The van der Waals surface area contributed by atoms with Gasteiger partial charge in [0.05, 0.1) is 22.7 Å². The van der Waals surface area contributed by atoms with Gasteiger partial charge in [-0.05, 0) is 18.4 Å². The van der Waals surface area contributed by atoms with Gasteiger partial charge in [-0.3, -0.25) is 9.48 Å². The summed E-state index contributed by atoms with van der Waals surface area (Å²) in [5, 5.41) is 7.50. The molecule has 1 aliphatic heterocycles. The van der Waals surface area contributed by atoms with E-state index in [9.17, 15) is 4.79 Å². The van der Waals surface area contributed by atoms with Gasteiger partial charge < -0.3 is 10.1 Å². The van der Waals surface area contributed by atoms with Crippen molar-refractivity contribution < 1.29 is 9.53 Å². The van der Waals surface area contributed by atoms with Crippen molar-refractivity contribution in [1.29, 1.82) is 0 Å². The van der Waals surface area contributed by atoms with Crippen molar-refractivity contribution in [2.75, 3.05) is 18.5 Å². The molecule has 0 radical (unpaired) electrons. The van der Waals surface area contributed by atoms with Crippen LogP contribution in [0.2, 0.25) is 0 Å². The van der Waals surface area contributed by atoms with Crippen molar-refractivity contribution in [2.24, 2.45) is 7.05 Å². The van der Waals surface area contributed by atoms with E-state index in [2.05, 4.69) is 15.4 Å². The lowest BCUT2D eigenvalue weighted by molar-refractivity contribution is 0.0791. The number of nitrogens with zero attached hydrogens (tertiary/aromatic N) is 3. The number of carbonyl (C=O) groups is 1. The quantitative estimate of drug-likeness (QED) is 0.762. The Balaban J connectivity index is 1.54. The average molecular weight is 368 g/mol. The van der Waals surface area contributed by atoms with E-state index in [0.717, 1.165) is 35.6 Å². The summed E-state index contributed by atoms with van der Waals surface area (Å²) >= 11 is 1.46. The van der Waals surface area contributed by atoms with Crippen molar-refractivity contribution in [3.8, 4) is 10.4 Å². The Labute approximate surface area is 155 Å². The molecule has 0 spiro atoms. The smallest absolute Gasteiger partial charge is 0.276 e. The van der Waals surface area contributed by atoms with Gasteiger partial charge in [0.1, 0.15) is 11.5 Å². The number of aryl methyl sites for hydroxylation is 1. The molecule has 1 saturated heterocycles. The zero-order chi connectivity index (χ0) is 17.9. The highest BCUT2D eigenvalue weighted by Crippen LogP contribution is 2.29. The van der Waals surface area contributed by atoms with Crippen LogP contribution in [0, 0.1) is 0 Å². The van der Waals surface area contributed by atoms with E-state index >= 15 is 0 Å². The lowest BCUT2D eigenvalue weighted by Crippen LogP contribution is -2.16. The number of carbonyl (C=O) groups excluding carboxylic acids is 1. The molecule has 0 saturated carbocycles. The first kappa shape index (κ1) is 16.9. The van der Waals surface area contributed by atoms with Crippen LogP contribution >= 0.6 is 11.3 Å². The van der Waals surface area contributed by atoms with Crippen LogP contribution in [0.3, 0.4) is 0 Å². The Bertz CT molecular complexity index is 897. The topological polar surface area (TPSA) is 69.0 Å². The van der Waals surface area contributed by atoms with Crippen LogP contribution in [-0.4, -0.2) is 33.9 Å². The molecule has 0 bridgehead atoms. The van der Waals surface area contributed by atoms with Gasteiger partial charge >= 0.3 is 0 Å². The number of anilines is 1. The number of nitrogens with one attached hydrogen (secondary N) is 1. The SMILES string of the molecule is Cn1nc(C2CCCOC2)cc1NC(=O)c1ncsc1-c1ccccc1. The van der Waals surface area contributed by atoms with Gasteiger partial charge in [0.2, 0.25) is 0 Å². The first-order valence-corrected chi connectivity index (χ1v) is 9.52. The molecule has 3 aromatic rings. The van der Waals surface area contributed by atoms with E-state index in [1.807, 2.05) is 43.4 Å². The number of hydrogen-bond donors (Lipinski definition) is 1. The Morgan fingerprint density at radius 3 is 2.96 bits per heavy atom. The zero-order valence-electron chi connectivity index (χ0n) is 14.5. The third-order valence-corrected chi connectivity index (χ3v) is 5.41. The fourth-order valence-corrected chi connectivity index (χ4v) is 3.95. The highest BCUT2D eigenvalue weighted by atomic mass is 32.1. The summed E-state index contributed by atoms with van der Waals surface area (Å²) in [4.78, 5) is 17.9.